The molecule has 2 rings (SSSR count). The summed E-state index contributed by atoms with van der Waals surface area (Å²) in [4.78, 5) is 4.44. The minimum Gasteiger partial charge on any atom is -0.370 e. The highest BCUT2D eigenvalue weighted by Crippen LogP contribution is 2.48. The first-order valence-electron chi connectivity index (χ1n) is 6.28. The van der Waals surface area contributed by atoms with Crippen LogP contribution in [0.5, 0.6) is 0 Å². The van der Waals surface area contributed by atoms with E-state index in [0.29, 0.717) is 11.4 Å². The summed E-state index contributed by atoms with van der Waals surface area (Å²) in [7, 11) is 0. The second-order valence-corrected chi connectivity index (χ2v) is 5.23. The molecule has 0 aromatic rings. The molecule has 0 radical (unpaired) electrons. The van der Waals surface area contributed by atoms with E-state index in [1.165, 1.54) is 38.5 Å². The second-order valence-electron chi connectivity index (χ2n) is 5.23. The van der Waals surface area contributed by atoms with E-state index in [2.05, 4.69) is 17.2 Å². The van der Waals surface area contributed by atoms with Crippen LogP contribution in [0.4, 0.5) is 0 Å². The van der Waals surface area contributed by atoms with E-state index in [0.717, 1.165) is 19.0 Å². The summed E-state index contributed by atoms with van der Waals surface area (Å²) in [6.07, 6.45) is 8.03. The SMILES string of the molecule is CCC1(CN=C(N)NCC2CCC2)CC1. The van der Waals surface area contributed by atoms with Crippen molar-refractivity contribution in [1.82, 2.24) is 5.32 Å². The zero-order valence-electron chi connectivity index (χ0n) is 9.76. The van der Waals surface area contributed by atoms with Gasteiger partial charge in [0.2, 0.25) is 0 Å². The molecular formula is C12H23N3. The number of guanidine groups is 1. The molecule has 15 heavy (non-hydrogen) atoms. The van der Waals surface area contributed by atoms with Crippen LogP contribution in [0.25, 0.3) is 0 Å². The quantitative estimate of drug-likeness (QED) is 0.536. The van der Waals surface area contributed by atoms with Crippen LogP contribution in [0.15, 0.2) is 4.99 Å². The monoisotopic (exact) mass is 209 g/mol. The zero-order valence-corrected chi connectivity index (χ0v) is 9.76. The normalized spacial score (nSPS) is 24.7. The van der Waals surface area contributed by atoms with Crippen molar-refractivity contribution in [3.05, 3.63) is 0 Å². The maximum Gasteiger partial charge on any atom is 0.188 e. The first-order chi connectivity index (χ1) is 7.24. The van der Waals surface area contributed by atoms with Gasteiger partial charge in [0.15, 0.2) is 5.96 Å². The summed E-state index contributed by atoms with van der Waals surface area (Å²) in [5.74, 6) is 1.50. The Kier molecular flexibility index (Phi) is 3.17. The summed E-state index contributed by atoms with van der Waals surface area (Å²) >= 11 is 0. The maximum atomic E-state index is 5.83. The summed E-state index contributed by atoms with van der Waals surface area (Å²) in [6, 6.07) is 0. The number of nitrogens with one attached hydrogen (secondary N) is 1. The fraction of sp³-hybridized carbons (Fsp3) is 0.917. The Hall–Kier alpha value is -0.730. The third-order valence-corrected chi connectivity index (χ3v) is 4.09. The molecule has 0 aromatic carbocycles. The molecule has 2 aliphatic carbocycles. The second kappa shape index (κ2) is 4.42. The number of aliphatic imine (C=N–C) groups is 1. The Morgan fingerprint density at radius 3 is 2.67 bits per heavy atom. The summed E-state index contributed by atoms with van der Waals surface area (Å²) in [5, 5.41) is 3.24. The molecular weight excluding hydrogens is 186 g/mol. The molecule has 0 heterocycles. The van der Waals surface area contributed by atoms with Gasteiger partial charge in [-0.15, -0.1) is 0 Å². The summed E-state index contributed by atoms with van der Waals surface area (Å²) < 4.78 is 0. The topological polar surface area (TPSA) is 50.4 Å². The van der Waals surface area contributed by atoms with Gasteiger partial charge in [-0.2, -0.15) is 0 Å². The summed E-state index contributed by atoms with van der Waals surface area (Å²) in [6.45, 7) is 4.20. The van der Waals surface area contributed by atoms with Gasteiger partial charge in [0.05, 0.1) is 0 Å². The highest BCUT2D eigenvalue weighted by Gasteiger charge is 2.40. The highest BCUT2D eigenvalue weighted by molar-refractivity contribution is 5.77. The molecule has 0 aromatic heterocycles. The van der Waals surface area contributed by atoms with Gasteiger partial charge in [-0.1, -0.05) is 13.3 Å². The van der Waals surface area contributed by atoms with Gasteiger partial charge in [-0.25, -0.2) is 0 Å². The van der Waals surface area contributed by atoms with E-state index in [9.17, 15) is 0 Å². The Morgan fingerprint density at radius 2 is 2.20 bits per heavy atom. The molecule has 0 bridgehead atoms. The van der Waals surface area contributed by atoms with Gasteiger partial charge in [0, 0.05) is 13.1 Å². The van der Waals surface area contributed by atoms with E-state index < -0.39 is 0 Å². The van der Waals surface area contributed by atoms with Crippen molar-refractivity contribution in [3.63, 3.8) is 0 Å². The Labute approximate surface area is 92.5 Å². The van der Waals surface area contributed by atoms with Gasteiger partial charge in [-0.05, 0) is 43.4 Å². The summed E-state index contributed by atoms with van der Waals surface area (Å²) in [5.41, 5.74) is 6.35. The molecule has 0 unspecified atom stereocenters. The fourth-order valence-corrected chi connectivity index (χ4v) is 2.05. The van der Waals surface area contributed by atoms with Gasteiger partial charge >= 0.3 is 0 Å². The molecule has 0 saturated heterocycles. The molecule has 2 fully saturated rings. The fourth-order valence-electron chi connectivity index (χ4n) is 2.05. The molecule has 2 saturated carbocycles. The molecule has 86 valence electrons. The smallest absolute Gasteiger partial charge is 0.188 e. The Balaban J connectivity index is 1.65. The number of rotatable bonds is 5. The lowest BCUT2D eigenvalue weighted by Gasteiger charge is -2.25. The van der Waals surface area contributed by atoms with Crippen molar-refractivity contribution in [2.24, 2.45) is 22.1 Å². The molecule has 3 nitrogen and oxygen atoms in total. The lowest BCUT2D eigenvalue weighted by molar-refractivity contribution is 0.315. The highest BCUT2D eigenvalue weighted by atomic mass is 15.1. The van der Waals surface area contributed by atoms with Crippen molar-refractivity contribution in [3.8, 4) is 0 Å². The molecule has 0 spiro atoms. The standard InChI is InChI=1S/C12H23N3/c1-2-12(6-7-12)9-15-11(13)14-8-10-4-3-5-10/h10H,2-9H2,1H3,(H3,13,14,15). The average molecular weight is 209 g/mol. The Morgan fingerprint density at radius 1 is 1.47 bits per heavy atom. The van der Waals surface area contributed by atoms with Crippen LogP contribution >= 0.6 is 0 Å². The lowest BCUT2D eigenvalue weighted by atomic mass is 9.85. The predicted molar refractivity (Wildman–Crippen MR) is 63.8 cm³/mol. The number of hydrogen-bond donors (Lipinski definition) is 2. The van der Waals surface area contributed by atoms with Gasteiger partial charge in [0.1, 0.15) is 0 Å². The van der Waals surface area contributed by atoms with E-state index >= 15 is 0 Å². The Bertz CT molecular complexity index is 239. The van der Waals surface area contributed by atoms with Gasteiger partial charge < -0.3 is 11.1 Å². The van der Waals surface area contributed by atoms with E-state index in [4.69, 9.17) is 5.73 Å². The van der Waals surface area contributed by atoms with E-state index in [-0.39, 0.29) is 0 Å². The van der Waals surface area contributed by atoms with E-state index in [1.54, 1.807) is 0 Å². The third kappa shape index (κ3) is 2.86. The van der Waals surface area contributed by atoms with Gasteiger partial charge in [-0.3, -0.25) is 4.99 Å². The van der Waals surface area contributed by atoms with Crippen LogP contribution in [0.1, 0.15) is 45.4 Å². The number of nitrogens with two attached hydrogens (primary N) is 1. The van der Waals surface area contributed by atoms with Crippen molar-refractivity contribution in [2.45, 2.75) is 45.4 Å². The van der Waals surface area contributed by atoms with Crippen LogP contribution in [-0.4, -0.2) is 19.0 Å². The first kappa shape index (κ1) is 10.8. The van der Waals surface area contributed by atoms with Crippen LogP contribution in [-0.2, 0) is 0 Å². The average Bonchev–Trinajstić information content (AvgIpc) is 2.93. The number of nitrogens with zero attached hydrogens (tertiary/aromatic N) is 1. The zero-order chi connectivity index (χ0) is 10.7. The maximum absolute atomic E-state index is 5.83. The van der Waals surface area contributed by atoms with Crippen LogP contribution in [0.2, 0.25) is 0 Å². The van der Waals surface area contributed by atoms with Crippen LogP contribution in [0.3, 0.4) is 0 Å². The molecule has 0 amide bonds. The van der Waals surface area contributed by atoms with Crippen LogP contribution in [0, 0.1) is 11.3 Å². The molecule has 3 N–H and O–H groups in total. The lowest BCUT2D eigenvalue weighted by Crippen LogP contribution is -2.37. The minimum absolute atomic E-state index is 0.517. The molecule has 2 aliphatic rings. The van der Waals surface area contributed by atoms with Crippen molar-refractivity contribution in [1.29, 1.82) is 0 Å². The van der Waals surface area contributed by atoms with E-state index in [1.807, 2.05) is 0 Å². The third-order valence-electron chi connectivity index (χ3n) is 4.09. The largest absolute Gasteiger partial charge is 0.370 e. The van der Waals surface area contributed by atoms with Crippen molar-refractivity contribution in [2.75, 3.05) is 13.1 Å². The van der Waals surface area contributed by atoms with Crippen molar-refractivity contribution >= 4 is 5.96 Å². The predicted octanol–water partition coefficient (Wildman–Crippen LogP) is 1.88. The molecule has 3 heteroatoms. The molecule has 0 aliphatic heterocycles. The first-order valence-corrected chi connectivity index (χ1v) is 6.28. The van der Waals surface area contributed by atoms with Gasteiger partial charge in [0.25, 0.3) is 0 Å². The number of hydrogen-bond acceptors (Lipinski definition) is 1. The van der Waals surface area contributed by atoms with Crippen LogP contribution < -0.4 is 11.1 Å². The van der Waals surface area contributed by atoms with Crippen molar-refractivity contribution < 1.29 is 0 Å². The minimum atomic E-state index is 0.517. The molecule has 0 atom stereocenters.